The van der Waals surface area contributed by atoms with E-state index < -0.39 is 0 Å². The molecule has 3 heterocycles. The molecule has 0 aliphatic carbocycles. The Morgan fingerprint density at radius 2 is 2.10 bits per heavy atom. The van der Waals surface area contributed by atoms with Crippen molar-refractivity contribution < 1.29 is 0 Å². The highest BCUT2D eigenvalue weighted by molar-refractivity contribution is 5.59. The molecule has 5 nitrogen and oxygen atoms in total. The smallest absolute Gasteiger partial charge is 0.0919 e. The van der Waals surface area contributed by atoms with Gasteiger partial charge in [-0.05, 0) is 40.2 Å². The van der Waals surface area contributed by atoms with Crippen LogP contribution in [-0.2, 0) is 0 Å². The molecule has 2 aromatic rings. The molecule has 3 rings (SSSR count). The monoisotopic (exact) mass is 285 g/mol. The molecule has 5 heteroatoms. The van der Waals surface area contributed by atoms with Crippen LogP contribution < -0.4 is 0 Å². The van der Waals surface area contributed by atoms with Crippen molar-refractivity contribution in [2.75, 3.05) is 13.1 Å². The van der Waals surface area contributed by atoms with Gasteiger partial charge in [-0.2, -0.15) is 5.10 Å². The third kappa shape index (κ3) is 2.97. The zero-order valence-corrected chi connectivity index (χ0v) is 13.0. The minimum absolute atomic E-state index is 0.508. The van der Waals surface area contributed by atoms with Crippen molar-refractivity contribution in [3.05, 3.63) is 30.0 Å². The Morgan fingerprint density at radius 3 is 2.71 bits per heavy atom. The SMILES string of the molecule is Cc1[nH]ncc1-c1cnc([C@@H]2CCCN(C(C)C)C2)cn1. The van der Waals surface area contributed by atoms with E-state index in [1.807, 2.05) is 19.3 Å². The molecule has 1 aliphatic heterocycles. The van der Waals surface area contributed by atoms with Crippen molar-refractivity contribution in [1.29, 1.82) is 0 Å². The summed E-state index contributed by atoms with van der Waals surface area (Å²) in [6, 6.07) is 0.605. The number of nitrogens with one attached hydrogen (secondary N) is 1. The van der Waals surface area contributed by atoms with Gasteiger partial charge in [0, 0.05) is 36.0 Å². The van der Waals surface area contributed by atoms with Gasteiger partial charge in [0.1, 0.15) is 0 Å². The van der Waals surface area contributed by atoms with E-state index in [0.717, 1.165) is 29.2 Å². The topological polar surface area (TPSA) is 57.7 Å². The molecule has 0 spiro atoms. The summed E-state index contributed by atoms with van der Waals surface area (Å²) >= 11 is 0. The Hall–Kier alpha value is -1.75. The minimum atomic E-state index is 0.508. The molecule has 0 amide bonds. The largest absolute Gasteiger partial charge is 0.300 e. The standard InChI is InChI=1S/C16H23N5/c1-11(2)21-6-4-5-13(10-21)15-8-18-16(9-17-15)14-7-19-20-12(14)3/h7-9,11,13H,4-6,10H2,1-3H3,(H,19,20)/t13-/m1/s1. The highest BCUT2D eigenvalue weighted by Gasteiger charge is 2.24. The highest BCUT2D eigenvalue weighted by Crippen LogP contribution is 2.27. The number of aryl methyl sites for hydroxylation is 1. The van der Waals surface area contributed by atoms with E-state index in [2.05, 4.69) is 38.9 Å². The van der Waals surface area contributed by atoms with Crippen LogP contribution in [0.25, 0.3) is 11.3 Å². The van der Waals surface area contributed by atoms with Gasteiger partial charge in [0.25, 0.3) is 0 Å². The second-order valence-electron chi connectivity index (χ2n) is 6.16. The Labute approximate surface area is 125 Å². The molecule has 0 bridgehead atoms. The lowest BCUT2D eigenvalue weighted by Gasteiger charge is -2.35. The summed E-state index contributed by atoms with van der Waals surface area (Å²) in [6.45, 7) is 8.82. The van der Waals surface area contributed by atoms with Crippen LogP contribution in [0.4, 0.5) is 0 Å². The molecular weight excluding hydrogens is 262 g/mol. The molecule has 0 saturated carbocycles. The van der Waals surface area contributed by atoms with Gasteiger partial charge in [-0.15, -0.1) is 0 Å². The molecule has 1 aliphatic rings. The summed E-state index contributed by atoms with van der Waals surface area (Å²) in [7, 11) is 0. The molecule has 0 unspecified atom stereocenters. The molecule has 112 valence electrons. The normalized spacial score (nSPS) is 20.1. The van der Waals surface area contributed by atoms with Gasteiger partial charge in [0.05, 0.1) is 23.8 Å². The Morgan fingerprint density at radius 1 is 1.24 bits per heavy atom. The zero-order chi connectivity index (χ0) is 14.8. The average Bonchev–Trinajstić information content (AvgIpc) is 2.94. The molecule has 1 atom stereocenters. The number of rotatable bonds is 3. The fourth-order valence-electron chi connectivity index (χ4n) is 3.01. The molecule has 21 heavy (non-hydrogen) atoms. The number of piperidine rings is 1. The van der Waals surface area contributed by atoms with Crippen LogP contribution in [0.5, 0.6) is 0 Å². The van der Waals surface area contributed by atoms with Gasteiger partial charge in [0.2, 0.25) is 0 Å². The summed E-state index contributed by atoms with van der Waals surface area (Å²) in [4.78, 5) is 11.8. The number of hydrogen-bond acceptors (Lipinski definition) is 4. The van der Waals surface area contributed by atoms with Gasteiger partial charge in [-0.25, -0.2) is 0 Å². The predicted octanol–water partition coefficient (Wildman–Crippen LogP) is 2.76. The maximum atomic E-state index is 4.66. The number of likely N-dealkylation sites (tertiary alicyclic amines) is 1. The molecule has 2 aromatic heterocycles. The summed E-state index contributed by atoms with van der Waals surface area (Å²) in [5.74, 6) is 0.508. The molecule has 0 radical (unpaired) electrons. The number of nitrogens with zero attached hydrogens (tertiary/aromatic N) is 4. The Balaban J connectivity index is 1.76. The quantitative estimate of drug-likeness (QED) is 0.942. The maximum Gasteiger partial charge on any atom is 0.0919 e. The Kier molecular flexibility index (Phi) is 4.01. The van der Waals surface area contributed by atoms with E-state index in [-0.39, 0.29) is 0 Å². The van der Waals surface area contributed by atoms with Crippen molar-refractivity contribution in [1.82, 2.24) is 25.1 Å². The second kappa shape index (κ2) is 5.93. The first-order valence-corrected chi connectivity index (χ1v) is 7.71. The summed E-state index contributed by atoms with van der Waals surface area (Å²) in [5, 5.41) is 6.98. The maximum absolute atomic E-state index is 4.66. The van der Waals surface area contributed by atoms with Crippen molar-refractivity contribution in [2.45, 2.75) is 45.6 Å². The number of aromatic amines is 1. The van der Waals surface area contributed by atoms with E-state index in [9.17, 15) is 0 Å². The van der Waals surface area contributed by atoms with Gasteiger partial charge in [-0.3, -0.25) is 15.1 Å². The number of aromatic nitrogens is 4. The van der Waals surface area contributed by atoms with E-state index in [1.54, 1.807) is 6.20 Å². The third-order valence-electron chi connectivity index (χ3n) is 4.38. The fraction of sp³-hybridized carbons (Fsp3) is 0.562. The zero-order valence-electron chi connectivity index (χ0n) is 13.0. The van der Waals surface area contributed by atoms with Crippen LogP contribution in [-0.4, -0.2) is 44.2 Å². The average molecular weight is 285 g/mol. The van der Waals surface area contributed by atoms with Crippen molar-refractivity contribution in [3.63, 3.8) is 0 Å². The Bertz CT molecular complexity index is 587. The lowest BCUT2D eigenvalue weighted by atomic mass is 9.94. The lowest BCUT2D eigenvalue weighted by Crippen LogP contribution is -2.39. The third-order valence-corrected chi connectivity index (χ3v) is 4.38. The summed E-state index contributed by atoms with van der Waals surface area (Å²) in [6.07, 6.45) is 8.08. The van der Waals surface area contributed by atoms with Crippen LogP contribution >= 0.6 is 0 Å². The van der Waals surface area contributed by atoms with Crippen LogP contribution in [0.2, 0.25) is 0 Å². The molecule has 1 fully saturated rings. The predicted molar refractivity (Wildman–Crippen MR) is 83.0 cm³/mol. The molecule has 1 saturated heterocycles. The van der Waals surface area contributed by atoms with Gasteiger partial charge < -0.3 is 4.90 Å². The first-order chi connectivity index (χ1) is 10.1. The molecule has 1 N–H and O–H groups in total. The molecule has 0 aromatic carbocycles. The highest BCUT2D eigenvalue weighted by atomic mass is 15.2. The van der Waals surface area contributed by atoms with E-state index in [4.69, 9.17) is 0 Å². The number of H-pyrrole nitrogens is 1. The van der Waals surface area contributed by atoms with Crippen molar-refractivity contribution in [2.24, 2.45) is 0 Å². The summed E-state index contributed by atoms with van der Waals surface area (Å²) < 4.78 is 0. The van der Waals surface area contributed by atoms with E-state index >= 15 is 0 Å². The fourth-order valence-corrected chi connectivity index (χ4v) is 3.01. The first-order valence-electron chi connectivity index (χ1n) is 7.71. The lowest BCUT2D eigenvalue weighted by molar-refractivity contribution is 0.166. The van der Waals surface area contributed by atoms with Crippen LogP contribution in [0.1, 0.15) is 44.0 Å². The van der Waals surface area contributed by atoms with Crippen LogP contribution in [0.15, 0.2) is 18.6 Å². The van der Waals surface area contributed by atoms with Crippen molar-refractivity contribution >= 4 is 0 Å². The van der Waals surface area contributed by atoms with Gasteiger partial charge in [0.15, 0.2) is 0 Å². The van der Waals surface area contributed by atoms with E-state index in [0.29, 0.717) is 12.0 Å². The number of hydrogen-bond donors (Lipinski definition) is 1. The van der Waals surface area contributed by atoms with Gasteiger partial charge in [-0.1, -0.05) is 0 Å². The second-order valence-corrected chi connectivity index (χ2v) is 6.16. The van der Waals surface area contributed by atoms with Crippen LogP contribution in [0.3, 0.4) is 0 Å². The first kappa shape index (κ1) is 14.2. The molecular formula is C16H23N5. The minimum Gasteiger partial charge on any atom is -0.300 e. The van der Waals surface area contributed by atoms with Gasteiger partial charge >= 0.3 is 0 Å². The van der Waals surface area contributed by atoms with E-state index in [1.165, 1.54) is 19.4 Å². The van der Waals surface area contributed by atoms with Crippen molar-refractivity contribution in [3.8, 4) is 11.3 Å². The summed E-state index contributed by atoms with van der Waals surface area (Å²) in [5.41, 5.74) is 4.06. The van der Waals surface area contributed by atoms with Crippen LogP contribution in [0, 0.1) is 6.92 Å².